The second-order valence-electron chi connectivity index (χ2n) is 6.30. The fourth-order valence-corrected chi connectivity index (χ4v) is 2.77. The minimum absolute atomic E-state index is 0.0378. The summed E-state index contributed by atoms with van der Waals surface area (Å²) in [5.41, 5.74) is 3.13. The van der Waals surface area contributed by atoms with Gasteiger partial charge in [0.1, 0.15) is 11.5 Å². The molecule has 0 atom stereocenters. The third-order valence-electron chi connectivity index (χ3n) is 4.14. The standard InChI is InChI=1S/C22H18ClN3O6/c1-13(15-6-3-4-7-17(15)32-22(29)19-8-5-11-31-19)25-26-21(28)20(27)24-16-12-14(23)9-10-18(16)30-2/h3-12H,1-2H3,(H,24,27)(H,26,28). The summed E-state index contributed by atoms with van der Waals surface area (Å²) in [6, 6.07) is 14.2. The minimum atomic E-state index is -1.02. The van der Waals surface area contributed by atoms with Crippen LogP contribution in [0.15, 0.2) is 70.4 Å². The first-order valence-corrected chi connectivity index (χ1v) is 9.61. The third kappa shape index (κ3) is 5.52. The number of hydrazone groups is 1. The minimum Gasteiger partial charge on any atom is -0.495 e. The van der Waals surface area contributed by atoms with E-state index in [1.165, 1.54) is 25.5 Å². The van der Waals surface area contributed by atoms with Gasteiger partial charge in [0.05, 0.1) is 24.8 Å². The lowest BCUT2D eigenvalue weighted by molar-refractivity contribution is -0.136. The molecule has 32 heavy (non-hydrogen) atoms. The Labute approximate surface area is 188 Å². The van der Waals surface area contributed by atoms with Crippen molar-refractivity contribution in [2.45, 2.75) is 6.92 Å². The van der Waals surface area contributed by atoms with Crippen LogP contribution in [-0.4, -0.2) is 30.6 Å². The zero-order chi connectivity index (χ0) is 23.1. The van der Waals surface area contributed by atoms with Gasteiger partial charge in [0.25, 0.3) is 0 Å². The number of halogens is 1. The Morgan fingerprint density at radius 1 is 1.00 bits per heavy atom. The van der Waals surface area contributed by atoms with Crippen molar-refractivity contribution in [2.75, 3.05) is 12.4 Å². The number of para-hydroxylation sites is 1. The van der Waals surface area contributed by atoms with E-state index in [1.807, 2.05) is 0 Å². The topological polar surface area (TPSA) is 119 Å². The van der Waals surface area contributed by atoms with Crippen molar-refractivity contribution in [2.24, 2.45) is 5.10 Å². The first kappa shape index (κ1) is 22.6. The summed E-state index contributed by atoms with van der Waals surface area (Å²) in [6.45, 7) is 1.58. The van der Waals surface area contributed by atoms with E-state index in [-0.39, 0.29) is 17.2 Å². The molecule has 2 amide bonds. The molecular formula is C22H18ClN3O6. The number of rotatable bonds is 6. The molecule has 0 fully saturated rings. The maximum atomic E-state index is 12.2. The molecular weight excluding hydrogens is 438 g/mol. The number of ether oxygens (including phenoxy) is 2. The van der Waals surface area contributed by atoms with Gasteiger partial charge in [-0.15, -0.1) is 0 Å². The maximum Gasteiger partial charge on any atom is 0.379 e. The van der Waals surface area contributed by atoms with Crippen LogP contribution in [-0.2, 0) is 9.59 Å². The van der Waals surface area contributed by atoms with E-state index in [0.717, 1.165) is 0 Å². The number of anilines is 1. The van der Waals surface area contributed by atoms with E-state index in [1.54, 1.807) is 49.4 Å². The highest BCUT2D eigenvalue weighted by molar-refractivity contribution is 6.40. The van der Waals surface area contributed by atoms with Crippen molar-refractivity contribution in [3.63, 3.8) is 0 Å². The van der Waals surface area contributed by atoms with E-state index in [4.69, 9.17) is 25.5 Å². The molecule has 0 aliphatic carbocycles. The Hall–Kier alpha value is -4.11. The zero-order valence-electron chi connectivity index (χ0n) is 17.0. The van der Waals surface area contributed by atoms with Crippen LogP contribution in [0, 0.1) is 0 Å². The molecule has 0 unspecified atom stereocenters. The van der Waals surface area contributed by atoms with Gasteiger partial charge in [-0.05, 0) is 49.4 Å². The molecule has 2 aromatic carbocycles. The molecule has 1 aromatic heterocycles. The Bertz CT molecular complexity index is 1170. The predicted octanol–water partition coefficient (Wildman–Crippen LogP) is 3.64. The molecule has 1 heterocycles. The molecule has 3 rings (SSSR count). The summed E-state index contributed by atoms with van der Waals surface area (Å²) in [7, 11) is 1.42. The Kier molecular flexibility index (Phi) is 7.25. The fourth-order valence-electron chi connectivity index (χ4n) is 2.60. The molecule has 0 saturated heterocycles. The summed E-state index contributed by atoms with van der Waals surface area (Å²) >= 11 is 5.92. The van der Waals surface area contributed by atoms with Gasteiger partial charge in [-0.2, -0.15) is 5.10 Å². The summed E-state index contributed by atoms with van der Waals surface area (Å²) in [5.74, 6) is -2.10. The zero-order valence-corrected chi connectivity index (χ0v) is 17.8. The van der Waals surface area contributed by atoms with Crippen LogP contribution in [0.25, 0.3) is 0 Å². The van der Waals surface area contributed by atoms with Gasteiger partial charge in [-0.3, -0.25) is 9.59 Å². The van der Waals surface area contributed by atoms with Crippen molar-refractivity contribution in [3.05, 3.63) is 77.2 Å². The van der Waals surface area contributed by atoms with Crippen molar-refractivity contribution in [1.29, 1.82) is 0 Å². The van der Waals surface area contributed by atoms with Gasteiger partial charge in [-0.1, -0.05) is 23.7 Å². The number of furan rings is 1. The number of methoxy groups -OCH3 is 1. The lowest BCUT2D eigenvalue weighted by Gasteiger charge is -2.10. The fraction of sp³-hybridized carbons (Fsp3) is 0.0909. The number of hydrogen-bond acceptors (Lipinski definition) is 7. The molecule has 3 aromatic rings. The molecule has 2 N–H and O–H groups in total. The van der Waals surface area contributed by atoms with Crippen LogP contribution in [0.3, 0.4) is 0 Å². The molecule has 0 spiro atoms. The van der Waals surface area contributed by atoms with Crippen molar-refractivity contribution in [3.8, 4) is 11.5 Å². The number of amides is 2. The molecule has 10 heteroatoms. The Morgan fingerprint density at radius 3 is 2.50 bits per heavy atom. The van der Waals surface area contributed by atoms with Gasteiger partial charge in [0.15, 0.2) is 0 Å². The molecule has 0 aliphatic heterocycles. The van der Waals surface area contributed by atoms with Crippen LogP contribution >= 0.6 is 11.6 Å². The van der Waals surface area contributed by atoms with E-state index >= 15 is 0 Å². The van der Waals surface area contributed by atoms with Gasteiger partial charge in [-0.25, -0.2) is 10.2 Å². The van der Waals surface area contributed by atoms with Crippen LogP contribution in [0.4, 0.5) is 5.69 Å². The van der Waals surface area contributed by atoms with Gasteiger partial charge in [0.2, 0.25) is 5.76 Å². The van der Waals surface area contributed by atoms with E-state index in [9.17, 15) is 14.4 Å². The first-order chi connectivity index (χ1) is 15.4. The normalized spacial score (nSPS) is 10.9. The molecule has 0 radical (unpaired) electrons. The maximum absolute atomic E-state index is 12.2. The molecule has 9 nitrogen and oxygen atoms in total. The molecule has 0 saturated carbocycles. The SMILES string of the molecule is COc1ccc(Cl)cc1NC(=O)C(=O)NN=C(C)c1ccccc1OC(=O)c1ccco1. The van der Waals surface area contributed by atoms with Crippen molar-refractivity contribution < 1.29 is 28.3 Å². The lowest BCUT2D eigenvalue weighted by Crippen LogP contribution is -2.33. The predicted molar refractivity (Wildman–Crippen MR) is 117 cm³/mol. The number of nitrogens with zero attached hydrogens (tertiary/aromatic N) is 1. The van der Waals surface area contributed by atoms with Crippen LogP contribution in [0.2, 0.25) is 5.02 Å². The summed E-state index contributed by atoms with van der Waals surface area (Å²) in [5, 5.41) is 6.70. The Morgan fingerprint density at radius 2 is 1.78 bits per heavy atom. The van der Waals surface area contributed by atoms with Crippen molar-refractivity contribution >= 4 is 40.8 Å². The van der Waals surface area contributed by atoms with Crippen molar-refractivity contribution in [1.82, 2.24) is 5.43 Å². The number of carbonyl (C=O) groups is 3. The average Bonchev–Trinajstić information content (AvgIpc) is 3.33. The first-order valence-electron chi connectivity index (χ1n) is 9.23. The van der Waals surface area contributed by atoms with E-state index in [2.05, 4.69) is 15.8 Å². The van der Waals surface area contributed by atoms with Crippen LogP contribution in [0.1, 0.15) is 23.0 Å². The molecule has 164 valence electrons. The number of nitrogens with one attached hydrogen (secondary N) is 2. The summed E-state index contributed by atoms with van der Waals surface area (Å²) < 4.78 is 15.5. The molecule has 0 bridgehead atoms. The van der Waals surface area contributed by atoms with Crippen LogP contribution < -0.4 is 20.2 Å². The summed E-state index contributed by atoms with van der Waals surface area (Å²) in [6.07, 6.45) is 1.36. The highest BCUT2D eigenvalue weighted by Crippen LogP contribution is 2.27. The number of hydrogen-bond donors (Lipinski definition) is 2. The largest absolute Gasteiger partial charge is 0.495 e. The lowest BCUT2D eigenvalue weighted by atomic mass is 10.1. The van der Waals surface area contributed by atoms with E-state index in [0.29, 0.717) is 22.0 Å². The molecule has 0 aliphatic rings. The number of esters is 1. The quantitative estimate of drug-likeness (QED) is 0.192. The van der Waals surface area contributed by atoms with E-state index < -0.39 is 17.8 Å². The van der Waals surface area contributed by atoms with Crippen LogP contribution in [0.5, 0.6) is 11.5 Å². The second-order valence-corrected chi connectivity index (χ2v) is 6.74. The second kappa shape index (κ2) is 10.3. The Balaban J connectivity index is 1.69. The average molecular weight is 456 g/mol. The third-order valence-corrected chi connectivity index (χ3v) is 4.38. The summed E-state index contributed by atoms with van der Waals surface area (Å²) in [4.78, 5) is 36.6. The highest BCUT2D eigenvalue weighted by atomic mass is 35.5. The highest BCUT2D eigenvalue weighted by Gasteiger charge is 2.18. The number of carbonyl (C=O) groups excluding carboxylic acids is 3. The number of benzene rings is 2. The van der Waals surface area contributed by atoms with Gasteiger partial charge < -0.3 is 19.2 Å². The van der Waals surface area contributed by atoms with Gasteiger partial charge >= 0.3 is 17.8 Å². The smallest absolute Gasteiger partial charge is 0.379 e. The van der Waals surface area contributed by atoms with Gasteiger partial charge in [0, 0.05) is 10.6 Å². The monoisotopic (exact) mass is 455 g/mol.